The number of benzene rings is 1. The number of nitrogens with zero attached hydrogens (tertiary/aromatic N) is 1. The highest BCUT2D eigenvalue weighted by Gasteiger charge is 2.36. The summed E-state index contributed by atoms with van der Waals surface area (Å²) in [6.07, 6.45) is 2.05. The van der Waals surface area contributed by atoms with Crippen LogP contribution >= 0.6 is 0 Å². The molecule has 1 aromatic carbocycles. The molecule has 0 radical (unpaired) electrons. The lowest BCUT2D eigenvalue weighted by Crippen LogP contribution is -2.41. The average Bonchev–Trinajstić information content (AvgIpc) is 2.31. The van der Waals surface area contributed by atoms with E-state index in [0.29, 0.717) is 11.8 Å². The predicted molar refractivity (Wildman–Crippen MR) is 74.6 cm³/mol. The molecule has 0 spiro atoms. The van der Waals surface area contributed by atoms with Gasteiger partial charge in [-0.15, -0.1) is 0 Å². The molecule has 0 heterocycles. The van der Waals surface area contributed by atoms with Crippen LogP contribution in [0.1, 0.15) is 43.7 Å². The average molecular weight is 245 g/mol. The van der Waals surface area contributed by atoms with Crippen LogP contribution in [-0.2, 0) is 4.79 Å². The minimum absolute atomic E-state index is 0.260. The van der Waals surface area contributed by atoms with Gasteiger partial charge >= 0.3 is 0 Å². The van der Waals surface area contributed by atoms with Gasteiger partial charge in [0.25, 0.3) is 0 Å². The monoisotopic (exact) mass is 245 g/mol. The number of hydrogen-bond acceptors (Lipinski definition) is 1. The summed E-state index contributed by atoms with van der Waals surface area (Å²) in [7, 11) is 0. The Morgan fingerprint density at radius 3 is 2.22 bits per heavy atom. The lowest BCUT2D eigenvalue weighted by atomic mass is 9.70. The molecule has 0 bridgehead atoms. The highest BCUT2D eigenvalue weighted by atomic mass is 16.2. The number of carbonyl (C=O) groups excluding carboxylic acids is 1. The summed E-state index contributed by atoms with van der Waals surface area (Å²) in [6, 6.07) is 8.74. The van der Waals surface area contributed by atoms with Gasteiger partial charge in [0.1, 0.15) is 0 Å². The number of amides is 1. The Bertz CT molecular complexity index is 400. The molecule has 1 aromatic rings. The molecule has 0 saturated heterocycles. The van der Waals surface area contributed by atoms with Crippen molar-refractivity contribution in [1.29, 1.82) is 0 Å². The zero-order chi connectivity index (χ0) is 13.1. The van der Waals surface area contributed by atoms with Crippen molar-refractivity contribution in [3.63, 3.8) is 0 Å². The Morgan fingerprint density at radius 1 is 1.17 bits per heavy atom. The fraction of sp³-hybridized carbons (Fsp3) is 0.562. The minimum atomic E-state index is 0.260. The molecule has 98 valence electrons. The summed E-state index contributed by atoms with van der Waals surface area (Å²) < 4.78 is 0. The topological polar surface area (TPSA) is 20.3 Å². The molecule has 2 heteroatoms. The summed E-state index contributed by atoms with van der Waals surface area (Å²) in [5.41, 5.74) is 2.69. The molecule has 0 N–H and O–H groups in total. The largest absolute Gasteiger partial charge is 0.343 e. The Hall–Kier alpha value is -1.31. The van der Waals surface area contributed by atoms with Gasteiger partial charge in [-0.2, -0.15) is 0 Å². The molecule has 1 amide bonds. The van der Waals surface area contributed by atoms with Crippen molar-refractivity contribution in [2.45, 2.75) is 39.5 Å². The summed E-state index contributed by atoms with van der Waals surface area (Å²) in [4.78, 5) is 14.1. The van der Waals surface area contributed by atoms with Gasteiger partial charge in [-0.05, 0) is 45.1 Å². The van der Waals surface area contributed by atoms with E-state index in [9.17, 15) is 4.79 Å². The van der Waals surface area contributed by atoms with Gasteiger partial charge < -0.3 is 4.90 Å². The van der Waals surface area contributed by atoms with E-state index in [1.54, 1.807) is 0 Å². The minimum Gasteiger partial charge on any atom is -0.343 e. The number of rotatable bonds is 4. The molecule has 0 atom stereocenters. The molecule has 18 heavy (non-hydrogen) atoms. The smallest absolute Gasteiger partial charge is 0.225 e. The van der Waals surface area contributed by atoms with Crippen molar-refractivity contribution in [3.8, 4) is 0 Å². The maximum Gasteiger partial charge on any atom is 0.225 e. The quantitative estimate of drug-likeness (QED) is 0.796. The summed E-state index contributed by atoms with van der Waals surface area (Å²) in [6.45, 7) is 7.88. The molecule has 2 rings (SSSR count). The first-order valence-corrected chi connectivity index (χ1v) is 7.01. The molecule has 0 unspecified atom stereocenters. The maximum atomic E-state index is 12.1. The Kier molecular flexibility index (Phi) is 4.05. The Balaban J connectivity index is 1.90. The standard InChI is InChI=1S/C16H23NO/c1-4-17(5-2)16(18)15-10-14(11-15)13-8-6-12(3)7-9-13/h6-9,14-15H,4-5,10-11H2,1-3H3. The van der Waals surface area contributed by atoms with Crippen molar-refractivity contribution in [1.82, 2.24) is 4.90 Å². The van der Waals surface area contributed by atoms with E-state index in [1.807, 2.05) is 4.90 Å². The predicted octanol–water partition coefficient (Wildman–Crippen LogP) is 3.36. The highest BCUT2D eigenvalue weighted by molar-refractivity contribution is 5.80. The van der Waals surface area contributed by atoms with Crippen molar-refractivity contribution >= 4 is 5.91 Å². The summed E-state index contributed by atoms with van der Waals surface area (Å²) in [5, 5.41) is 0. The fourth-order valence-electron chi connectivity index (χ4n) is 2.72. The normalized spacial score (nSPS) is 22.4. The van der Waals surface area contributed by atoms with Gasteiger partial charge in [-0.1, -0.05) is 29.8 Å². The van der Waals surface area contributed by atoms with Crippen molar-refractivity contribution in [3.05, 3.63) is 35.4 Å². The number of hydrogen-bond donors (Lipinski definition) is 0. The highest BCUT2D eigenvalue weighted by Crippen LogP contribution is 2.42. The molecule has 0 aromatic heterocycles. The molecule has 0 aliphatic heterocycles. The van der Waals surface area contributed by atoms with Crippen molar-refractivity contribution in [2.24, 2.45) is 5.92 Å². The molecule has 1 fully saturated rings. The van der Waals surface area contributed by atoms with Gasteiger partial charge in [0, 0.05) is 19.0 Å². The van der Waals surface area contributed by atoms with E-state index < -0.39 is 0 Å². The van der Waals surface area contributed by atoms with Crippen LogP contribution in [0.5, 0.6) is 0 Å². The molecule has 1 saturated carbocycles. The first-order chi connectivity index (χ1) is 8.65. The summed E-state index contributed by atoms with van der Waals surface area (Å²) in [5.74, 6) is 1.20. The summed E-state index contributed by atoms with van der Waals surface area (Å²) >= 11 is 0. The van der Waals surface area contributed by atoms with E-state index in [2.05, 4.69) is 45.0 Å². The second kappa shape index (κ2) is 5.55. The van der Waals surface area contributed by atoms with E-state index in [-0.39, 0.29) is 5.92 Å². The SMILES string of the molecule is CCN(CC)C(=O)C1CC(c2ccc(C)cc2)C1. The lowest BCUT2D eigenvalue weighted by molar-refractivity contribution is -0.138. The van der Waals surface area contributed by atoms with Crippen LogP contribution in [-0.4, -0.2) is 23.9 Å². The van der Waals surface area contributed by atoms with Crippen LogP contribution in [0.4, 0.5) is 0 Å². The van der Waals surface area contributed by atoms with E-state index in [0.717, 1.165) is 25.9 Å². The van der Waals surface area contributed by atoms with E-state index >= 15 is 0 Å². The molecular formula is C16H23NO. The molecular weight excluding hydrogens is 222 g/mol. The fourth-order valence-corrected chi connectivity index (χ4v) is 2.72. The van der Waals surface area contributed by atoms with Crippen LogP contribution < -0.4 is 0 Å². The van der Waals surface area contributed by atoms with Gasteiger partial charge in [0.05, 0.1) is 0 Å². The van der Waals surface area contributed by atoms with Crippen molar-refractivity contribution in [2.75, 3.05) is 13.1 Å². The van der Waals surface area contributed by atoms with Gasteiger partial charge in [0.2, 0.25) is 5.91 Å². The van der Waals surface area contributed by atoms with Crippen molar-refractivity contribution < 1.29 is 4.79 Å². The maximum absolute atomic E-state index is 12.1. The second-order valence-electron chi connectivity index (χ2n) is 5.29. The van der Waals surface area contributed by atoms with E-state index in [4.69, 9.17) is 0 Å². The first-order valence-electron chi connectivity index (χ1n) is 7.01. The lowest BCUT2D eigenvalue weighted by Gasteiger charge is -2.37. The van der Waals surface area contributed by atoms with Crippen LogP contribution in [0.25, 0.3) is 0 Å². The zero-order valence-corrected chi connectivity index (χ0v) is 11.6. The van der Waals surface area contributed by atoms with Gasteiger partial charge in [-0.25, -0.2) is 0 Å². The van der Waals surface area contributed by atoms with Crippen LogP contribution in [0.15, 0.2) is 24.3 Å². The molecule has 1 aliphatic carbocycles. The second-order valence-corrected chi connectivity index (χ2v) is 5.29. The number of aryl methyl sites for hydroxylation is 1. The third-order valence-electron chi connectivity index (χ3n) is 4.11. The van der Waals surface area contributed by atoms with Crippen LogP contribution in [0.2, 0.25) is 0 Å². The van der Waals surface area contributed by atoms with E-state index in [1.165, 1.54) is 11.1 Å². The third-order valence-corrected chi connectivity index (χ3v) is 4.11. The first kappa shape index (κ1) is 13.1. The van der Waals surface area contributed by atoms with Gasteiger partial charge in [0.15, 0.2) is 0 Å². The zero-order valence-electron chi connectivity index (χ0n) is 11.6. The Morgan fingerprint density at radius 2 is 1.72 bits per heavy atom. The van der Waals surface area contributed by atoms with Crippen LogP contribution in [0.3, 0.4) is 0 Å². The Labute approximate surface area is 110 Å². The third kappa shape index (κ3) is 2.58. The molecule has 2 nitrogen and oxygen atoms in total. The van der Waals surface area contributed by atoms with Crippen LogP contribution in [0, 0.1) is 12.8 Å². The number of carbonyl (C=O) groups is 1. The molecule has 1 aliphatic rings. The van der Waals surface area contributed by atoms with Gasteiger partial charge in [-0.3, -0.25) is 4.79 Å².